The van der Waals surface area contributed by atoms with Crippen LogP contribution in [0.4, 0.5) is 5.69 Å². The molecular weight excluding hydrogens is 344 g/mol. The van der Waals surface area contributed by atoms with Crippen LogP contribution in [0.25, 0.3) is 0 Å². The van der Waals surface area contributed by atoms with E-state index in [4.69, 9.17) is 16.9 Å². The molecule has 0 spiro atoms. The van der Waals surface area contributed by atoms with Crippen molar-refractivity contribution in [2.24, 2.45) is 0 Å². The zero-order valence-corrected chi connectivity index (χ0v) is 12.4. The maximum atomic E-state index is 12.1. The fourth-order valence-electron chi connectivity index (χ4n) is 1.56. The number of carbonyl (C=O) groups excluding carboxylic acids is 1. The lowest BCUT2D eigenvalue weighted by molar-refractivity contribution is 0.102. The zero-order valence-electron chi connectivity index (χ0n) is 10.0. The van der Waals surface area contributed by atoms with E-state index in [1.807, 2.05) is 6.07 Å². The van der Waals surface area contributed by atoms with Crippen molar-refractivity contribution in [3.8, 4) is 11.8 Å². The predicted molar refractivity (Wildman–Crippen MR) is 79.9 cm³/mol. The molecule has 0 aliphatic carbocycles. The lowest BCUT2D eigenvalue weighted by atomic mass is 10.2. The Morgan fingerprint density at radius 2 is 2.05 bits per heavy atom. The third kappa shape index (κ3) is 3.10. The van der Waals surface area contributed by atoms with Crippen molar-refractivity contribution in [1.29, 1.82) is 5.26 Å². The summed E-state index contributed by atoms with van der Waals surface area (Å²) in [6.45, 7) is 0. The Labute approximate surface area is 128 Å². The van der Waals surface area contributed by atoms with Crippen molar-refractivity contribution in [3.63, 3.8) is 0 Å². The van der Waals surface area contributed by atoms with Crippen LogP contribution in [0.15, 0.2) is 40.9 Å². The minimum Gasteiger partial charge on any atom is -0.508 e. The lowest BCUT2D eigenvalue weighted by Gasteiger charge is -2.09. The number of halogens is 2. The van der Waals surface area contributed by atoms with Gasteiger partial charge in [0.2, 0.25) is 0 Å². The van der Waals surface area contributed by atoms with Crippen molar-refractivity contribution in [3.05, 3.63) is 57.0 Å². The Balaban J connectivity index is 2.28. The molecule has 100 valence electrons. The topological polar surface area (TPSA) is 73.1 Å². The first-order valence-corrected chi connectivity index (χ1v) is 6.68. The molecule has 0 fully saturated rings. The highest BCUT2D eigenvalue weighted by atomic mass is 79.9. The number of aromatic hydroxyl groups is 1. The maximum Gasteiger partial charge on any atom is 0.257 e. The summed E-state index contributed by atoms with van der Waals surface area (Å²) < 4.78 is 0.584. The molecule has 0 unspecified atom stereocenters. The van der Waals surface area contributed by atoms with E-state index in [-0.39, 0.29) is 16.3 Å². The largest absolute Gasteiger partial charge is 0.508 e. The van der Waals surface area contributed by atoms with Crippen LogP contribution < -0.4 is 5.32 Å². The molecule has 0 saturated heterocycles. The quantitative estimate of drug-likeness (QED) is 0.861. The van der Waals surface area contributed by atoms with E-state index < -0.39 is 5.91 Å². The van der Waals surface area contributed by atoms with Gasteiger partial charge in [-0.15, -0.1) is 0 Å². The smallest absolute Gasteiger partial charge is 0.257 e. The van der Waals surface area contributed by atoms with Crippen molar-refractivity contribution in [2.75, 3.05) is 5.32 Å². The van der Waals surface area contributed by atoms with Gasteiger partial charge in [-0.3, -0.25) is 4.79 Å². The second-order valence-corrected chi connectivity index (χ2v) is 5.19. The Bertz CT molecular complexity index is 726. The number of rotatable bonds is 2. The molecule has 0 aromatic heterocycles. The summed E-state index contributed by atoms with van der Waals surface area (Å²) in [5.74, 6) is -0.491. The SMILES string of the molecule is N#Cc1ccc(NC(=O)c2cc(O)ccc2Cl)c(Br)c1. The number of amides is 1. The highest BCUT2D eigenvalue weighted by molar-refractivity contribution is 9.10. The molecule has 2 aromatic rings. The van der Waals surface area contributed by atoms with Crippen LogP contribution in [0.5, 0.6) is 5.75 Å². The van der Waals surface area contributed by atoms with E-state index in [9.17, 15) is 9.90 Å². The molecule has 20 heavy (non-hydrogen) atoms. The first-order chi connectivity index (χ1) is 9.51. The predicted octanol–water partition coefficient (Wildman–Crippen LogP) is 3.93. The summed E-state index contributed by atoms with van der Waals surface area (Å²) in [5.41, 5.74) is 1.15. The number of carbonyl (C=O) groups is 1. The van der Waals surface area contributed by atoms with E-state index >= 15 is 0 Å². The van der Waals surface area contributed by atoms with E-state index in [0.29, 0.717) is 15.7 Å². The summed E-state index contributed by atoms with van der Waals surface area (Å²) in [7, 11) is 0. The Kier molecular flexibility index (Phi) is 4.28. The third-order valence-electron chi connectivity index (χ3n) is 2.54. The van der Waals surface area contributed by atoms with Crippen LogP contribution in [0, 0.1) is 11.3 Å². The zero-order chi connectivity index (χ0) is 14.7. The molecule has 6 heteroatoms. The number of phenolic OH excluding ortho intramolecular Hbond substituents is 1. The second kappa shape index (κ2) is 5.95. The molecule has 0 aliphatic rings. The maximum absolute atomic E-state index is 12.1. The third-order valence-corrected chi connectivity index (χ3v) is 3.53. The van der Waals surface area contributed by atoms with E-state index in [2.05, 4.69) is 21.2 Å². The Hall–Kier alpha value is -2.03. The van der Waals surface area contributed by atoms with Crippen molar-refractivity contribution < 1.29 is 9.90 Å². The van der Waals surface area contributed by atoms with Crippen LogP contribution >= 0.6 is 27.5 Å². The monoisotopic (exact) mass is 350 g/mol. The summed E-state index contributed by atoms with van der Waals surface area (Å²) in [6.07, 6.45) is 0. The van der Waals surface area contributed by atoms with Gasteiger partial charge in [0, 0.05) is 4.47 Å². The van der Waals surface area contributed by atoms with Gasteiger partial charge >= 0.3 is 0 Å². The number of hydrogen-bond acceptors (Lipinski definition) is 3. The number of benzene rings is 2. The van der Waals surface area contributed by atoms with E-state index in [1.165, 1.54) is 18.2 Å². The minimum atomic E-state index is -0.448. The number of nitrogens with one attached hydrogen (secondary N) is 1. The molecule has 0 heterocycles. The van der Waals surface area contributed by atoms with Gasteiger partial charge in [0.05, 0.1) is 27.9 Å². The van der Waals surface area contributed by atoms with Gasteiger partial charge in [-0.1, -0.05) is 11.6 Å². The molecule has 0 radical (unpaired) electrons. The molecule has 4 nitrogen and oxygen atoms in total. The fourth-order valence-corrected chi connectivity index (χ4v) is 2.24. The summed E-state index contributed by atoms with van der Waals surface area (Å²) in [5, 5.41) is 21.1. The van der Waals surface area contributed by atoms with Gasteiger partial charge in [0.15, 0.2) is 0 Å². The van der Waals surface area contributed by atoms with Crippen LogP contribution in [0.2, 0.25) is 5.02 Å². The molecule has 2 rings (SSSR count). The first kappa shape index (κ1) is 14.4. The molecule has 0 saturated carbocycles. The van der Waals surface area contributed by atoms with E-state index in [1.54, 1.807) is 18.2 Å². The van der Waals surface area contributed by atoms with Gasteiger partial charge in [0.25, 0.3) is 5.91 Å². The van der Waals surface area contributed by atoms with Crippen molar-refractivity contribution >= 4 is 39.1 Å². The molecule has 0 aliphatic heterocycles. The average molecular weight is 352 g/mol. The van der Waals surface area contributed by atoms with Gasteiger partial charge in [-0.2, -0.15) is 5.26 Å². The van der Waals surface area contributed by atoms with Crippen molar-refractivity contribution in [1.82, 2.24) is 0 Å². The van der Waals surface area contributed by atoms with Gasteiger partial charge in [0.1, 0.15) is 5.75 Å². The summed E-state index contributed by atoms with van der Waals surface area (Å²) >= 11 is 9.19. The minimum absolute atomic E-state index is 0.0431. The molecule has 2 aromatic carbocycles. The van der Waals surface area contributed by atoms with Crippen LogP contribution in [0.3, 0.4) is 0 Å². The number of nitrogens with zero attached hydrogens (tertiary/aromatic N) is 1. The lowest BCUT2D eigenvalue weighted by Crippen LogP contribution is -2.12. The second-order valence-electron chi connectivity index (χ2n) is 3.92. The van der Waals surface area contributed by atoms with E-state index in [0.717, 1.165) is 0 Å². The van der Waals surface area contributed by atoms with Crippen LogP contribution in [-0.2, 0) is 0 Å². The van der Waals surface area contributed by atoms with Gasteiger partial charge in [-0.05, 0) is 52.3 Å². The van der Waals surface area contributed by atoms with Crippen LogP contribution in [0.1, 0.15) is 15.9 Å². The van der Waals surface area contributed by atoms with Gasteiger partial charge in [-0.25, -0.2) is 0 Å². The number of hydrogen-bond donors (Lipinski definition) is 2. The molecular formula is C14H8BrClN2O2. The molecule has 0 bridgehead atoms. The summed E-state index contributed by atoms with van der Waals surface area (Å²) in [6, 6.07) is 10.9. The molecule has 2 N–H and O–H groups in total. The highest BCUT2D eigenvalue weighted by Crippen LogP contribution is 2.26. The normalized spacial score (nSPS) is 9.85. The number of nitriles is 1. The number of phenols is 1. The molecule has 0 atom stereocenters. The Morgan fingerprint density at radius 1 is 1.30 bits per heavy atom. The van der Waals surface area contributed by atoms with Crippen LogP contribution in [-0.4, -0.2) is 11.0 Å². The Morgan fingerprint density at radius 3 is 2.70 bits per heavy atom. The molecule has 1 amide bonds. The van der Waals surface area contributed by atoms with Crippen molar-refractivity contribution in [2.45, 2.75) is 0 Å². The standard InChI is InChI=1S/C14H8BrClN2O2/c15-11-5-8(7-17)1-4-13(11)18-14(20)10-6-9(19)2-3-12(10)16/h1-6,19H,(H,18,20). The van der Waals surface area contributed by atoms with Gasteiger partial charge < -0.3 is 10.4 Å². The average Bonchev–Trinajstić information content (AvgIpc) is 2.43. The first-order valence-electron chi connectivity index (χ1n) is 5.51. The summed E-state index contributed by atoms with van der Waals surface area (Å²) in [4.78, 5) is 12.1. The highest BCUT2D eigenvalue weighted by Gasteiger charge is 2.13. The number of anilines is 1. The fraction of sp³-hybridized carbons (Fsp3) is 0.